The van der Waals surface area contributed by atoms with E-state index in [-0.39, 0.29) is 11.1 Å². The van der Waals surface area contributed by atoms with Crippen LogP contribution in [0, 0.1) is 0 Å². The maximum atomic E-state index is 3.49. The number of hydrogen-bond donors (Lipinski definition) is 2. The highest BCUT2D eigenvalue weighted by Crippen LogP contribution is 2.33. The third-order valence-corrected chi connectivity index (χ3v) is 4.77. The van der Waals surface area contributed by atoms with Gasteiger partial charge in [0.05, 0.1) is 11.1 Å². The van der Waals surface area contributed by atoms with E-state index in [1.54, 1.807) is 0 Å². The normalized spacial score (nSPS) is 18.5. The van der Waals surface area contributed by atoms with Gasteiger partial charge in [-0.15, -0.1) is 0 Å². The SMILES string of the molecule is CC1=CC(C)(C)Nc2ccccc21.CC1=CC(C)(C)Nc2ccccc21. The molecule has 136 valence electrons. The zero-order valence-corrected chi connectivity index (χ0v) is 16.8. The zero-order valence-electron chi connectivity index (χ0n) is 16.8. The average molecular weight is 347 g/mol. The topological polar surface area (TPSA) is 24.1 Å². The fraction of sp³-hybridized carbons (Fsp3) is 0.333. The standard InChI is InChI=1S/2C12H15N/c2*1-9-8-12(2,3)13-11-7-5-4-6-10(9)11/h2*4-8,13H,1-3H3. The van der Waals surface area contributed by atoms with E-state index in [1.807, 2.05) is 0 Å². The van der Waals surface area contributed by atoms with Crippen molar-refractivity contribution in [2.45, 2.75) is 52.6 Å². The predicted octanol–water partition coefficient (Wildman–Crippen LogP) is 6.59. The van der Waals surface area contributed by atoms with E-state index in [4.69, 9.17) is 0 Å². The molecule has 2 N–H and O–H groups in total. The fourth-order valence-corrected chi connectivity index (χ4v) is 3.88. The molecular formula is C24H30N2. The molecule has 0 atom stereocenters. The first-order chi connectivity index (χ1) is 12.2. The number of hydrogen-bond acceptors (Lipinski definition) is 2. The number of benzene rings is 2. The van der Waals surface area contributed by atoms with Crippen LogP contribution in [0.25, 0.3) is 11.1 Å². The van der Waals surface area contributed by atoms with Crippen molar-refractivity contribution in [3.63, 3.8) is 0 Å². The van der Waals surface area contributed by atoms with Gasteiger partial charge < -0.3 is 10.6 Å². The molecule has 0 spiro atoms. The molecule has 2 aliphatic heterocycles. The van der Waals surface area contributed by atoms with Crippen LogP contribution in [0.15, 0.2) is 60.7 Å². The Labute approximate surface area is 158 Å². The van der Waals surface area contributed by atoms with Crippen LogP contribution in [-0.4, -0.2) is 11.1 Å². The van der Waals surface area contributed by atoms with Gasteiger partial charge in [-0.3, -0.25) is 0 Å². The van der Waals surface area contributed by atoms with Gasteiger partial charge in [-0.05, 0) is 64.8 Å². The van der Waals surface area contributed by atoms with Crippen molar-refractivity contribution in [1.29, 1.82) is 0 Å². The number of fused-ring (bicyclic) bond motifs is 2. The summed E-state index contributed by atoms with van der Waals surface area (Å²) in [5, 5.41) is 6.98. The van der Waals surface area contributed by atoms with E-state index >= 15 is 0 Å². The summed E-state index contributed by atoms with van der Waals surface area (Å²) in [4.78, 5) is 0. The lowest BCUT2D eigenvalue weighted by molar-refractivity contribution is 0.707. The molecule has 0 saturated heterocycles. The van der Waals surface area contributed by atoms with Gasteiger partial charge >= 0.3 is 0 Å². The monoisotopic (exact) mass is 346 g/mol. The summed E-state index contributed by atoms with van der Waals surface area (Å²) in [5.74, 6) is 0. The number of anilines is 2. The summed E-state index contributed by atoms with van der Waals surface area (Å²) in [5.41, 5.74) is 8.01. The number of para-hydroxylation sites is 2. The van der Waals surface area contributed by atoms with Gasteiger partial charge in [-0.25, -0.2) is 0 Å². The van der Waals surface area contributed by atoms with Crippen molar-refractivity contribution >= 4 is 22.5 Å². The van der Waals surface area contributed by atoms with Crippen molar-refractivity contribution in [3.8, 4) is 0 Å². The summed E-state index contributed by atoms with van der Waals surface area (Å²) >= 11 is 0. The molecule has 0 unspecified atom stereocenters. The Morgan fingerprint density at radius 3 is 1.31 bits per heavy atom. The van der Waals surface area contributed by atoms with Crippen molar-refractivity contribution in [2.75, 3.05) is 10.6 Å². The maximum Gasteiger partial charge on any atom is 0.0505 e. The summed E-state index contributed by atoms with van der Waals surface area (Å²) in [7, 11) is 0. The summed E-state index contributed by atoms with van der Waals surface area (Å²) in [6, 6.07) is 16.9. The Kier molecular flexibility index (Phi) is 4.70. The quantitative estimate of drug-likeness (QED) is 0.562. The molecule has 0 radical (unpaired) electrons. The first-order valence-corrected chi connectivity index (χ1v) is 9.31. The molecule has 26 heavy (non-hydrogen) atoms. The van der Waals surface area contributed by atoms with Crippen LogP contribution in [0.1, 0.15) is 52.7 Å². The van der Waals surface area contributed by atoms with Crippen molar-refractivity contribution in [2.24, 2.45) is 0 Å². The van der Waals surface area contributed by atoms with Gasteiger partial charge in [-0.1, -0.05) is 48.6 Å². The second kappa shape index (κ2) is 6.68. The van der Waals surface area contributed by atoms with Crippen LogP contribution in [0.2, 0.25) is 0 Å². The van der Waals surface area contributed by atoms with E-state index in [0.717, 1.165) is 0 Å². The maximum absolute atomic E-state index is 3.49. The van der Waals surface area contributed by atoms with E-state index in [9.17, 15) is 0 Å². The molecule has 0 amide bonds. The molecule has 2 heteroatoms. The van der Waals surface area contributed by atoms with Gasteiger partial charge in [0.15, 0.2) is 0 Å². The summed E-state index contributed by atoms with van der Waals surface area (Å²) in [6.45, 7) is 13.1. The third kappa shape index (κ3) is 4.01. The van der Waals surface area contributed by atoms with Crippen LogP contribution < -0.4 is 10.6 Å². The molecule has 0 bridgehead atoms. The Balaban J connectivity index is 0.000000151. The second-order valence-electron chi connectivity index (χ2n) is 8.44. The second-order valence-corrected chi connectivity index (χ2v) is 8.44. The molecular weight excluding hydrogens is 316 g/mol. The highest BCUT2D eigenvalue weighted by atomic mass is 15.0. The Hall–Kier alpha value is -2.48. The average Bonchev–Trinajstić information content (AvgIpc) is 2.53. The lowest BCUT2D eigenvalue weighted by atomic mass is 9.91. The van der Waals surface area contributed by atoms with E-state index in [0.29, 0.717) is 0 Å². The highest BCUT2D eigenvalue weighted by Gasteiger charge is 2.22. The highest BCUT2D eigenvalue weighted by molar-refractivity contribution is 5.80. The first-order valence-electron chi connectivity index (χ1n) is 9.31. The van der Waals surface area contributed by atoms with Crippen LogP contribution in [0.4, 0.5) is 11.4 Å². The fourth-order valence-electron chi connectivity index (χ4n) is 3.88. The van der Waals surface area contributed by atoms with Gasteiger partial charge in [0.1, 0.15) is 0 Å². The van der Waals surface area contributed by atoms with Gasteiger partial charge in [-0.2, -0.15) is 0 Å². The number of rotatable bonds is 0. The lowest BCUT2D eigenvalue weighted by Crippen LogP contribution is -2.31. The molecule has 2 aliphatic rings. The van der Waals surface area contributed by atoms with Crippen LogP contribution in [0.5, 0.6) is 0 Å². The zero-order chi connectivity index (χ0) is 18.9. The minimum absolute atomic E-state index is 0.0818. The molecule has 0 aliphatic carbocycles. The smallest absolute Gasteiger partial charge is 0.0505 e. The van der Waals surface area contributed by atoms with Crippen molar-refractivity contribution in [1.82, 2.24) is 0 Å². The minimum atomic E-state index is 0.0818. The molecule has 0 aromatic heterocycles. The van der Waals surface area contributed by atoms with Crippen LogP contribution >= 0.6 is 0 Å². The van der Waals surface area contributed by atoms with Crippen LogP contribution in [0.3, 0.4) is 0 Å². The van der Waals surface area contributed by atoms with E-state index in [1.165, 1.54) is 33.6 Å². The number of allylic oxidation sites excluding steroid dienone is 2. The predicted molar refractivity (Wildman–Crippen MR) is 116 cm³/mol. The van der Waals surface area contributed by atoms with Gasteiger partial charge in [0, 0.05) is 22.5 Å². The number of nitrogens with one attached hydrogen (secondary N) is 2. The molecule has 0 saturated carbocycles. The van der Waals surface area contributed by atoms with Gasteiger partial charge in [0.2, 0.25) is 0 Å². The lowest BCUT2D eigenvalue weighted by Gasteiger charge is -2.31. The molecule has 2 aromatic carbocycles. The van der Waals surface area contributed by atoms with Crippen molar-refractivity contribution in [3.05, 3.63) is 71.8 Å². The first kappa shape index (κ1) is 18.3. The molecule has 2 heterocycles. The van der Waals surface area contributed by atoms with Crippen LogP contribution in [-0.2, 0) is 0 Å². The Morgan fingerprint density at radius 1 is 0.577 bits per heavy atom. The van der Waals surface area contributed by atoms with E-state index < -0.39 is 0 Å². The van der Waals surface area contributed by atoms with E-state index in [2.05, 4.69) is 113 Å². The van der Waals surface area contributed by atoms with Gasteiger partial charge in [0.25, 0.3) is 0 Å². The molecule has 4 rings (SSSR count). The molecule has 2 aromatic rings. The summed E-state index contributed by atoms with van der Waals surface area (Å²) < 4.78 is 0. The summed E-state index contributed by atoms with van der Waals surface area (Å²) in [6.07, 6.45) is 4.55. The van der Waals surface area contributed by atoms with Crippen molar-refractivity contribution < 1.29 is 0 Å². The molecule has 0 fully saturated rings. The largest absolute Gasteiger partial charge is 0.376 e. The third-order valence-electron chi connectivity index (χ3n) is 4.77. The minimum Gasteiger partial charge on any atom is -0.376 e. The Bertz CT molecular complexity index is 796. The Morgan fingerprint density at radius 2 is 0.923 bits per heavy atom. The molecule has 2 nitrogen and oxygen atoms in total.